The summed E-state index contributed by atoms with van der Waals surface area (Å²) in [6.07, 6.45) is 0.661. The van der Waals surface area contributed by atoms with Crippen molar-refractivity contribution < 1.29 is 13.2 Å². The molecule has 2 aliphatic heterocycles. The van der Waals surface area contributed by atoms with Crippen molar-refractivity contribution in [3.63, 3.8) is 0 Å². The third-order valence-corrected chi connectivity index (χ3v) is 7.52. The topological polar surface area (TPSA) is 83.0 Å². The number of amidine groups is 1. The van der Waals surface area contributed by atoms with Crippen molar-refractivity contribution in [3.8, 4) is 0 Å². The smallest absolute Gasteiger partial charge is 0.218 e. The average Bonchev–Trinajstić information content (AvgIpc) is 3.13. The number of sulfonamides is 1. The summed E-state index contributed by atoms with van der Waals surface area (Å²) >= 11 is 0. The molecule has 2 aliphatic rings. The molecule has 0 aliphatic carbocycles. The van der Waals surface area contributed by atoms with Crippen molar-refractivity contribution in [1.29, 1.82) is 0 Å². The molecule has 0 radical (unpaired) electrons. The van der Waals surface area contributed by atoms with Gasteiger partial charge in [-0.1, -0.05) is 48.5 Å². The first-order chi connectivity index (χ1) is 14.5. The Balaban J connectivity index is 1.59. The molecule has 30 heavy (non-hydrogen) atoms. The maximum Gasteiger partial charge on any atom is 0.218 e. The number of hydrogen-bond donors (Lipinski definition) is 2. The van der Waals surface area contributed by atoms with Gasteiger partial charge in [0.2, 0.25) is 10.0 Å². The first kappa shape index (κ1) is 21.0. The maximum absolute atomic E-state index is 13.1. The molecule has 0 bridgehead atoms. The Kier molecular flexibility index (Phi) is 6.19. The van der Waals surface area contributed by atoms with Crippen LogP contribution in [0.15, 0.2) is 59.6 Å². The SMILES string of the molecule is COCCN=C1Nc2ccccc2CNC12CCN(S(=O)(=O)Cc1ccccc1)C2. The minimum absolute atomic E-state index is 0.00766. The van der Waals surface area contributed by atoms with E-state index in [1.54, 1.807) is 11.4 Å². The fourth-order valence-electron chi connectivity index (χ4n) is 4.06. The number of aliphatic imine (C=N–C) groups is 1. The molecule has 7 nitrogen and oxygen atoms in total. The second-order valence-electron chi connectivity index (χ2n) is 7.77. The number of fused-ring (bicyclic) bond motifs is 1. The quantitative estimate of drug-likeness (QED) is 0.690. The molecule has 0 saturated carbocycles. The lowest BCUT2D eigenvalue weighted by Gasteiger charge is -2.30. The number of nitrogens with zero attached hydrogens (tertiary/aromatic N) is 2. The standard InChI is InChI=1S/C22H28N4O3S/c1-29-14-12-23-21-22(24-15-19-9-5-6-10-20(19)25-21)11-13-26(17-22)30(27,28)16-18-7-3-2-4-8-18/h2-10,24H,11-17H2,1H3,(H,23,25). The van der Waals surface area contributed by atoms with E-state index in [-0.39, 0.29) is 5.75 Å². The Hall–Kier alpha value is -2.26. The lowest BCUT2D eigenvalue weighted by Crippen LogP contribution is -2.55. The van der Waals surface area contributed by atoms with Gasteiger partial charge in [0.25, 0.3) is 0 Å². The molecule has 160 valence electrons. The summed E-state index contributed by atoms with van der Waals surface area (Å²) in [4.78, 5) is 4.76. The van der Waals surface area contributed by atoms with Crippen molar-refractivity contribution in [2.75, 3.05) is 38.7 Å². The zero-order valence-corrected chi connectivity index (χ0v) is 18.0. The summed E-state index contributed by atoms with van der Waals surface area (Å²) in [6, 6.07) is 17.4. The van der Waals surface area contributed by atoms with Crippen LogP contribution in [0.1, 0.15) is 17.5 Å². The van der Waals surface area contributed by atoms with Gasteiger partial charge < -0.3 is 10.1 Å². The molecule has 0 amide bonds. The minimum Gasteiger partial charge on any atom is -0.383 e. The van der Waals surface area contributed by atoms with Gasteiger partial charge in [0.1, 0.15) is 5.84 Å². The van der Waals surface area contributed by atoms with Crippen LogP contribution in [0, 0.1) is 0 Å². The van der Waals surface area contributed by atoms with Crippen LogP contribution in [0.25, 0.3) is 0 Å². The number of nitrogens with one attached hydrogen (secondary N) is 2. The van der Waals surface area contributed by atoms with Gasteiger partial charge in [0.05, 0.1) is 24.4 Å². The molecule has 1 unspecified atom stereocenters. The number of benzene rings is 2. The number of para-hydroxylation sites is 1. The molecule has 8 heteroatoms. The van der Waals surface area contributed by atoms with Gasteiger partial charge in [0.15, 0.2) is 0 Å². The highest BCUT2D eigenvalue weighted by Crippen LogP contribution is 2.31. The van der Waals surface area contributed by atoms with Crippen molar-refractivity contribution in [2.45, 2.75) is 24.3 Å². The summed E-state index contributed by atoms with van der Waals surface area (Å²) in [7, 11) is -1.78. The minimum atomic E-state index is -3.43. The molecule has 4 rings (SSSR count). The van der Waals surface area contributed by atoms with Gasteiger partial charge in [-0.2, -0.15) is 4.31 Å². The zero-order valence-electron chi connectivity index (χ0n) is 17.2. The van der Waals surface area contributed by atoms with E-state index in [4.69, 9.17) is 9.73 Å². The lowest BCUT2D eigenvalue weighted by molar-refractivity contribution is 0.207. The third kappa shape index (κ3) is 4.41. The highest BCUT2D eigenvalue weighted by Gasteiger charge is 2.47. The second kappa shape index (κ2) is 8.85. The highest BCUT2D eigenvalue weighted by molar-refractivity contribution is 7.88. The van der Waals surface area contributed by atoms with Crippen LogP contribution >= 0.6 is 0 Å². The Morgan fingerprint density at radius 1 is 1.13 bits per heavy atom. The summed E-state index contributed by atoms with van der Waals surface area (Å²) in [5.41, 5.74) is 2.39. The van der Waals surface area contributed by atoms with Gasteiger partial charge in [-0.25, -0.2) is 8.42 Å². The van der Waals surface area contributed by atoms with Crippen LogP contribution < -0.4 is 10.6 Å². The average molecular weight is 429 g/mol. The van der Waals surface area contributed by atoms with Gasteiger partial charge in [-0.05, 0) is 23.6 Å². The fourth-order valence-corrected chi connectivity index (χ4v) is 5.64. The molecule has 1 spiro atoms. The van der Waals surface area contributed by atoms with E-state index in [1.807, 2.05) is 48.5 Å². The molecule has 2 heterocycles. The second-order valence-corrected chi connectivity index (χ2v) is 9.74. The summed E-state index contributed by atoms with van der Waals surface area (Å²) < 4.78 is 33.0. The molecule has 1 saturated heterocycles. The Labute approximate surface area is 178 Å². The number of anilines is 1. The van der Waals surface area contributed by atoms with E-state index in [1.165, 1.54) is 0 Å². The van der Waals surface area contributed by atoms with Gasteiger partial charge in [0, 0.05) is 32.4 Å². The van der Waals surface area contributed by atoms with Crippen LogP contribution in [0.5, 0.6) is 0 Å². The molecular weight excluding hydrogens is 400 g/mol. The number of methoxy groups -OCH3 is 1. The van der Waals surface area contributed by atoms with Gasteiger partial charge in [-0.3, -0.25) is 10.3 Å². The number of hydrogen-bond acceptors (Lipinski definition) is 5. The normalized spacial score (nSPS) is 23.3. The first-order valence-electron chi connectivity index (χ1n) is 10.2. The number of rotatable bonds is 6. The fraction of sp³-hybridized carbons (Fsp3) is 0.409. The first-order valence-corrected chi connectivity index (χ1v) is 11.8. The van der Waals surface area contributed by atoms with E-state index in [9.17, 15) is 8.42 Å². The third-order valence-electron chi connectivity index (χ3n) is 5.73. The van der Waals surface area contributed by atoms with E-state index in [0.29, 0.717) is 39.2 Å². The predicted octanol–water partition coefficient (Wildman–Crippen LogP) is 2.22. The zero-order chi connectivity index (χ0) is 21.0. The molecule has 2 aromatic carbocycles. The predicted molar refractivity (Wildman–Crippen MR) is 119 cm³/mol. The van der Waals surface area contributed by atoms with Crippen LogP contribution in [0.4, 0.5) is 5.69 Å². The lowest BCUT2D eigenvalue weighted by atomic mass is 9.97. The largest absolute Gasteiger partial charge is 0.383 e. The van der Waals surface area contributed by atoms with Gasteiger partial charge >= 0.3 is 0 Å². The highest BCUT2D eigenvalue weighted by atomic mass is 32.2. The van der Waals surface area contributed by atoms with E-state index in [2.05, 4.69) is 16.7 Å². The number of ether oxygens (including phenoxy) is 1. The van der Waals surface area contributed by atoms with Crippen LogP contribution in [-0.4, -0.2) is 57.4 Å². The molecule has 1 fully saturated rings. The van der Waals surface area contributed by atoms with Gasteiger partial charge in [-0.15, -0.1) is 0 Å². The molecule has 1 atom stereocenters. The molecule has 2 aromatic rings. The van der Waals surface area contributed by atoms with Crippen molar-refractivity contribution >= 4 is 21.5 Å². The summed E-state index contributed by atoms with van der Waals surface area (Å²) in [6.45, 7) is 2.50. The molecular formula is C22H28N4O3S. The maximum atomic E-state index is 13.1. The van der Waals surface area contributed by atoms with Crippen LogP contribution in [0.2, 0.25) is 0 Å². The molecule has 2 N–H and O–H groups in total. The Morgan fingerprint density at radius 3 is 2.70 bits per heavy atom. The van der Waals surface area contributed by atoms with Crippen LogP contribution in [-0.2, 0) is 27.1 Å². The van der Waals surface area contributed by atoms with E-state index >= 15 is 0 Å². The van der Waals surface area contributed by atoms with Crippen molar-refractivity contribution in [1.82, 2.24) is 9.62 Å². The monoisotopic (exact) mass is 428 g/mol. The summed E-state index contributed by atoms with van der Waals surface area (Å²) in [5.74, 6) is 0.787. The van der Waals surface area contributed by atoms with Crippen LogP contribution in [0.3, 0.4) is 0 Å². The summed E-state index contributed by atoms with van der Waals surface area (Å²) in [5, 5.41) is 7.10. The Morgan fingerprint density at radius 2 is 1.90 bits per heavy atom. The molecule has 0 aromatic heterocycles. The van der Waals surface area contributed by atoms with Crippen molar-refractivity contribution in [3.05, 3.63) is 65.7 Å². The van der Waals surface area contributed by atoms with E-state index < -0.39 is 15.6 Å². The van der Waals surface area contributed by atoms with E-state index in [0.717, 1.165) is 22.6 Å². The van der Waals surface area contributed by atoms with Crippen molar-refractivity contribution in [2.24, 2.45) is 4.99 Å². The Bertz CT molecular complexity index is 1010.